The number of ether oxygens (including phenoxy) is 2. The van der Waals surface area contributed by atoms with Gasteiger partial charge in [-0.2, -0.15) is 26.3 Å². The summed E-state index contributed by atoms with van der Waals surface area (Å²) in [5.74, 6) is 4.22. The van der Waals surface area contributed by atoms with Crippen LogP contribution in [0.15, 0.2) is 52.5 Å². The van der Waals surface area contributed by atoms with Crippen molar-refractivity contribution in [3.05, 3.63) is 74.8 Å². The molecule has 2 rings (SSSR count). The molecule has 0 saturated heterocycles. The molecule has 4 nitrogen and oxygen atoms in total. The fourth-order valence-electron chi connectivity index (χ4n) is 2.93. The Kier molecular flexibility index (Phi) is 10.0. The highest BCUT2D eigenvalue weighted by Crippen LogP contribution is 2.36. The summed E-state index contributed by atoms with van der Waals surface area (Å²) in [6.45, 7) is 3.51. The van der Waals surface area contributed by atoms with E-state index in [0.29, 0.717) is 33.5 Å². The monoisotopic (exact) mass is 578 g/mol. The molecule has 0 amide bonds. The first-order chi connectivity index (χ1) is 16.7. The highest BCUT2D eigenvalue weighted by Gasteiger charge is 2.36. The lowest BCUT2D eigenvalue weighted by molar-refractivity contribution is -0.150. The third-order valence-corrected chi connectivity index (χ3v) is 5.30. The van der Waals surface area contributed by atoms with Crippen molar-refractivity contribution >= 4 is 21.9 Å². The Morgan fingerprint density at radius 1 is 1.08 bits per heavy atom. The Labute approximate surface area is 212 Å². The SMILES string of the molecule is CCOC(Cc1ccc(OC/C=C(/C)C#Cc2cc(C(F)(F)F)cc(C(F)(F)F)c2)c(Br)c1)C(=O)O. The van der Waals surface area contributed by atoms with Crippen LogP contribution >= 0.6 is 15.9 Å². The number of aliphatic carboxylic acids is 1. The molecule has 11 heteroatoms. The molecular weight excluding hydrogens is 558 g/mol. The quantitative estimate of drug-likeness (QED) is 0.273. The van der Waals surface area contributed by atoms with E-state index in [1.165, 1.54) is 13.0 Å². The number of carboxylic acid groups (broad SMARTS) is 1. The van der Waals surface area contributed by atoms with E-state index in [9.17, 15) is 36.2 Å². The van der Waals surface area contributed by atoms with Gasteiger partial charge < -0.3 is 14.6 Å². The fraction of sp³-hybridized carbons (Fsp3) is 0.320. The molecule has 2 aromatic carbocycles. The lowest BCUT2D eigenvalue weighted by Crippen LogP contribution is -2.26. The highest BCUT2D eigenvalue weighted by atomic mass is 79.9. The van der Waals surface area contributed by atoms with Crippen molar-refractivity contribution in [1.29, 1.82) is 0 Å². The first-order valence-electron chi connectivity index (χ1n) is 10.4. The number of halogens is 7. The number of alkyl halides is 6. The fourth-order valence-corrected chi connectivity index (χ4v) is 3.47. The minimum absolute atomic E-state index is 0.0194. The van der Waals surface area contributed by atoms with E-state index >= 15 is 0 Å². The predicted molar refractivity (Wildman–Crippen MR) is 123 cm³/mol. The van der Waals surface area contributed by atoms with Crippen LogP contribution in [0.1, 0.15) is 36.1 Å². The van der Waals surface area contributed by atoms with Crippen LogP contribution in [0.5, 0.6) is 5.75 Å². The minimum Gasteiger partial charge on any atom is -0.488 e. The molecule has 0 aromatic heterocycles. The first-order valence-corrected chi connectivity index (χ1v) is 11.2. The van der Waals surface area contributed by atoms with Gasteiger partial charge in [-0.05, 0) is 77.3 Å². The van der Waals surface area contributed by atoms with Crippen LogP contribution in [0, 0.1) is 11.8 Å². The van der Waals surface area contributed by atoms with Crippen molar-refractivity contribution in [3.63, 3.8) is 0 Å². The summed E-state index contributed by atoms with van der Waals surface area (Å²) < 4.78 is 89.2. The molecule has 1 unspecified atom stereocenters. The molecule has 0 aliphatic heterocycles. The Morgan fingerprint density at radius 2 is 1.69 bits per heavy atom. The van der Waals surface area contributed by atoms with Crippen LogP contribution in [0.2, 0.25) is 0 Å². The molecule has 194 valence electrons. The molecule has 0 fully saturated rings. The van der Waals surface area contributed by atoms with Crippen molar-refractivity contribution in [2.45, 2.75) is 38.7 Å². The Bertz CT molecular complexity index is 1140. The summed E-state index contributed by atoms with van der Waals surface area (Å²) in [6, 6.07) is 6.16. The summed E-state index contributed by atoms with van der Waals surface area (Å²) in [5.41, 5.74) is -2.22. The molecule has 0 heterocycles. The van der Waals surface area contributed by atoms with Crippen molar-refractivity contribution in [2.75, 3.05) is 13.2 Å². The Balaban J connectivity index is 2.11. The van der Waals surface area contributed by atoms with Gasteiger partial charge in [0.2, 0.25) is 0 Å². The van der Waals surface area contributed by atoms with Gasteiger partial charge in [-0.1, -0.05) is 17.9 Å². The lowest BCUT2D eigenvalue weighted by atomic mass is 10.0. The van der Waals surface area contributed by atoms with Crippen LogP contribution < -0.4 is 4.74 Å². The summed E-state index contributed by atoms with van der Waals surface area (Å²) in [4.78, 5) is 11.2. The molecular formula is C25H21BrF6O4. The topological polar surface area (TPSA) is 55.8 Å². The van der Waals surface area contributed by atoms with Crippen LogP contribution in [0.25, 0.3) is 0 Å². The van der Waals surface area contributed by atoms with Gasteiger partial charge in [0.05, 0.1) is 15.6 Å². The molecule has 1 atom stereocenters. The third-order valence-electron chi connectivity index (χ3n) is 4.68. The lowest BCUT2D eigenvalue weighted by Gasteiger charge is -2.13. The first kappa shape index (κ1) is 29.3. The number of allylic oxidation sites excluding steroid dienone is 1. The van der Waals surface area contributed by atoms with E-state index in [1.807, 2.05) is 0 Å². The van der Waals surface area contributed by atoms with E-state index in [-0.39, 0.29) is 25.7 Å². The largest absolute Gasteiger partial charge is 0.488 e. The molecule has 0 aliphatic rings. The maximum Gasteiger partial charge on any atom is 0.416 e. The maximum atomic E-state index is 13.0. The van der Waals surface area contributed by atoms with Crippen LogP contribution in [-0.4, -0.2) is 30.4 Å². The van der Waals surface area contributed by atoms with E-state index < -0.39 is 41.1 Å². The van der Waals surface area contributed by atoms with Crippen molar-refractivity contribution in [1.82, 2.24) is 0 Å². The van der Waals surface area contributed by atoms with Gasteiger partial charge in [-0.3, -0.25) is 0 Å². The van der Waals surface area contributed by atoms with E-state index in [2.05, 4.69) is 27.8 Å². The normalized spacial score (nSPS) is 13.1. The van der Waals surface area contributed by atoms with Gasteiger partial charge in [-0.15, -0.1) is 0 Å². The zero-order valence-corrected chi connectivity index (χ0v) is 20.6. The second-order valence-electron chi connectivity index (χ2n) is 7.49. The number of carbonyl (C=O) groups is 1. The molecule has 2 aromatic rings. The van der Waals surface area contributed by atoms with Gasteiger partial charge >= 0.3 is 18.3 Å². The molecule has 0 bridgehead atoms. The second kappa shape index (κ2) is 12.3. The number of hydrogen-bond donors (Lipinski definition) is 1. The number of rotatable bonds is 8. The Morgan fingerprint density at radius 3 is 2.19 bits per heavy atom. The van der Waals surface area contributed by atoms with E-state index in [0.717, 1.165) is 0 Å². The average Bonchev–Trinajstić information content (AvgIpc) is 2.77. The van der Waals surface area contributed by atoms with Crippen molar-refractivity contribution in [2.24, 2.45) is 0 Å². The van der Waals surface area contributed by atoms with Crippen LogP contribution in [-0.2, 0) is 28.3 Å². The zero-order chi connectivity index (χ0) is 27.1. The molecule has 0 aliphatic carbocycles. The summed E-state index contributed by atoms with van der Waals surface area (Å²) in [6.07, 6.45) is -9.21. The van der Waals surface area contributed by atoms with Gasteiger partial charge in [0.15, 0.2) is 6.10 Å². The smallest absolute Gasteiger partial charge is 0.416 e. The number of hydrogen-bond acceptors (Lipinski definition) is 3. The zero-order valence-electron chi connectivity index (χ0n) is 19.1. The Hall–Kier alpha value is -2.97. The average molecular weight is 579 g/mol. The van der Waals surface area contributed by atoms with Crippen molar-refractivity contribution in [3.8, 4) is 17.6 Å². The summed E-state index contributed by atoms with van der Waals surface area (Å²) in [5, 5.41) is 9.19. The molecule has 0 radical (unpaired) electrons. The molecule has 36 heavy (non-hydrogen) atoms. The predicted octanol–water partition coefficient (Wildman–Crippen LogP) is 6.90. The number of benzene rings is 2. The molecule has 1 N–H and O–H groups in total. The highest BCUT2D eigenvalue weighted by molar-refractivity contribution is 9.10. The molecule has 0 saturated carbocycles. The number of carboxylic acids is 1. The third kappa shape index (κ3) is 8.91. The standard InChI is InChI=1S/C25H21BrF6O4/c1-3-35-22(23(33)34)13-17-6-7-21(20(26)12-17)36-9-8-15(2)4-5-16-10-18(24(27,28)29)14-19(11-16)25(30,31)32/h6-8,10-12,14,22H,3,9,13H2,1-2H3,(H,33,34)/b15-8-. The maximum absolute atomic E-state index is 13.0. The second-order valence-corrected chi connectivity index (χ2v) is 8.35. The van der Waals surface area contributed by atoms with Gasteiger partial charge in [-0.25, -0.2) is 4.79 Å². The van der Waals surface area contributed by atoms with Crippen LogP contribution in [0.4, 0.5) is 26.3 Å². The molecule has 0 spiro atoms. The van der Waals surface area contributed by atoms with E-state index in [1.54, 1.807) is 25.1 Å². The van der Waals surface area contributed by atoms with Crippen molar-refractivity contribution < 1.29 is 45.7 Å². The summed E-state index contributed by atoms with van der Waals surface area (Å²) in [7, 11) is 0. The van der Waals surface area contributed by atoms with E-state index in [4.69, 9.17) is 9.47 Å². The minimum atomic E-state index is -4.95. The van der Waals surface area contributed by atoms with Crippen LogP contribution in [0.3, 0.4) is 0 Å². The summed E-state index contributed by atoms with van der Waals surface area (Å²) >= 11 is 3.34. The van der Waals surface area contributed by atoms with Gasteiger partial charge in [0, 0.05) is 18.6 Å². The van der Waals surface area contributed by atoms with Gasteiger partial charge in [0.1, 0.15) is 12.4 Å². The van der Waals surface area contributed by atoms with Gasteiger partial charge in [0.25, 0.3) is 0 Å².